The van der Waals surface area contributed by atoms with E-state index >= 15 is 0 Å². The van der Waals surface area contributed by atoms with Crippen LogP contribution in [-0.4, -0.2) is 25.2 Å². The van der Waals surface area contributed by atoms with Crippen molar-refractivity contribution < 1.29 is 4.79 Å². The van der Waals surface area contributed by atoms with E-state index in [0.717, 1.165) is 22.6 Å². The predicted octanol–water partition coefficient (Wildman–Crippen LogP) is 3.24. The molecule has 19 heavy (non-hydrogen) atoms. The van der Waals surface area contributed by atoms with E-state index in [9.17, 15) is 4.79 Å². The van der Waals surface area contributed by atoms with Crippen molar-refractivity contribution in [3.05, 3.63) is 30.3 Å². The summed E-state index contributed by atoms with van der Waals surface area (Å²) in [4.78, 5) is 12.6. The normalized spacial score (nSPS) is 36.9. The number of alkyl halides is 1. The number of fused-ring (bicyclic) bond motifs is 2. The second kappa shape index (κ2) is 5.16. The molecule has 0 radical (unpaired) electrons. The topological polar surface area (TPSA) is 17.1 Å². The van der Waals surface area contributed by atoms with Gasteiger partial charge in [-0.3, -0.25) is 0 Å². The molecule has 0 N–H and O–H groups in total. The molecular weight excluding hydrogens is 414 g/mol. The molecule has 1 aromatic rings. The molecule has 0 unspecified atom stereocenters. The van der Waals surface area contributed by atoms with Gasteiger partial charge in [-0.15, -0.1) is 0 Å². The van der Waals surface area contributed by atoms with Crippen LogP contribution in [0.4, 0.5) is 0 Å². The molecule has 1 nitrogen and oxygen atoms in total. The number of ketones is 1. The third-order valence-electron chi connectivity index (χ3n) is 5.39. The number of hydrogen-bond donors (Lipinski definition) is 0. The Morgan fingerprint density at radius 1 is 1.37 bits per heavy atom. The Balaban J connectivity index is 1.83. The summed E-state index contributed by atoms with van der Waals surface area (Å²) in [5.74, 6) is 1.23. The summed E-state index contributed by atoms with van der Waals surface area (Å²) in [6.45, 7) is 2.38. The molecule has 3 rings (SSSR count). The van der Waals surface area contributed by atoms with Gasteiger partial charge in [0, 0.05) is 0 Å². The van der Waals surface area contributed by atoms with Gasteiger partial charge in [0.2, 0.25) is 0 Å². The van der Waals surface area contributed by atoms with E-state index in [-0.39, 0.29) is 10.8 Å². The van der Waals surface area contributed by atoms with Gasteiger partial charge in [0.1, 0.15) is 0 Å². The van der Waals surface area contributed by atoms with E-state index in [4.69, 9.17) is 0 Å². The van der Waals surface area contributed by atoms with Gasteiger partial charge < -0.3 is 0 Å². The van der Waals surface area contributed by atoms with Gasteiger partial charge in [0.15, 0.2) is 0 Å². The van der Waals surface area contributed by atoms with Gasteiger partial charge in [-0.1, -0.05) is 0 Å². The standard InChI is InChI=1S/C16H19IOSe/c1-15(10-17)12-7-8-16(15,14(18)9-12)11-19-13-5-3-2-4-6-13/h2-6,12H,7-11H2,1H3/t12-,15-,16-/m1/s1. The predicted molar refractivity (Wildman–Crippen MR) is 88.4 cm³/mol. The maximum atomic E-state index is 12.6. The average molecular weight is 433 g/mol. The molecule has 3 heteroatoms. The maximum absolute atomic E-state index is 12.6. The molecule has 0 spiro atoms. The summed E-state index contributed by atoms with van der Waals surface area (Å²) in [5.41, 5.74) is 0.274. The summed E-state index contributed by atoms with van der Waals surface area (Å²) in [6.07, 6.45) is 3.27. The minimum absolute atomic E-state index is 0.00863. The Bertz CT molecular complexity index is 489. The van der Waals surface area contributed by atoms with Crippen LogP contribution in [0.1, 0.15) is 26.2 Å². The van der Waals surface area contributed by atoms with Gasteiger partial charge in [0.05, 0.1) is 0 Å². The number of carbonyl (C=O) groups is 1. The van der Waals surface area contributed by atoms with E-state index in [1.807, 2.05) is 0 Å². The van der Waals surface area contributed by atoms with Crippen molar-refractivity contribution in [2.45, 2.75) is 31.5 Å². The third-order valence-corrected chi connectivity index (χ3v) is 9.58. The molecule has 102 valence electrons. The Morgan fingerprint density at radius 2 is 2.11 bits per heavy atom. The number of halogens is 1. The fourth-order valence-corrected chi connectivity index (χ4v) is 8.18. The van der Waals surface area contributed by atoms with Gasteiger partial charge in [-0.05, 0) is 0 Å². The summed E-state index contributed by atoms with van der Waals surface area (Å²) < 4.78 is 2.56. The summed E-state index contributed by atoms with van der Waals surface area (Å²) in [6, 6.07) is 10.7. The van der Waals surface area contributed by atoms with E-state index in [2.05, 4.69) is 59.8 Å². The molecule has 0 amide bonds. The Kier molecular flexibility index (Phi) is 3.83. The zero-order chi connectivity index (χ0) is 13.5. The summed E-state index contributed by atoms with van der Waals surface area (Å²) >= 11 is 2.94. The van der Waals surface area contributed by atoms with E-state index in [0.29, 0.717) is 26.7 Å². The van der Waals surface area contributed by atoms with Gasteiger partial charge in [0.25, 0.3) is 0 Å². The molecule has 2 bridgehead atoms. The first kappa shape index (κ1) is 14.1. The number of rotatable bonds is 4. The quantitative estimate of drug-likeness (QED) is 0.405. The van der Waals surface area contributed by atoms with Crippen LogP contribution in [0.25, 0.3) is 0 Å². The van der Waals surface area contributed by atoms with Crippen molar-refractivity contribution in [3.8, 4) is 0 Å². The number of carbonyl (C=O) groups excluding carboxylic acids is 1. The Morgan fingerprint density at radius 3 is 2.74 bits per heavy atom. The van der Waals surface area contributed by atoms with Crippen molar-refractivity contribution in [3.63, 3.8) is 0 Å². The number of benzene rings is 1. The monoisotopic (exact) mass is 434 g/mol. The molecule has 2 aliphatic carbocycles. The first-order valence-corrected chi connectivity index (χ1v) is 10.5. The summed E-state index contributed by atoms with van der Waals surface area (Å²) in [5, 5.41) is 1.11. The Labute approximate surface area is 135 Å². The van der Waals surface area contributed by atoms with Crippen LogP contribution in [0.5, 0.6) is 0 Å². The molecule has 2 fully saturated rings. The minimum atomic E-state index is 0.00863. The van der Waals surface area contributed by atoms with Crippen LogP contribution in [0.3, 0.4) is 0 Å². The molecule has 0 aromatic heterocycles. The summed E-state index contributed by atoms with van der Waals surface area (Å²) in [7, 11) is 0. The van der Waals surface area contributed by atoms with Gasteiger partial charge in [-0.25, -0.2) is 0 Å². The van der Waals surface area contributed by atoms with E-state index in [1.165, 1.54) is 10.9 Å². The van der Waals surface area contributed by atoms with Crippen LogP contribution in [-0.2, 0) is 4.79 Å². The van der Waals surface area contributed by atoms with Crippen LogP contribution < -0.4 is 4.46 Å². The first-order chi connectivity index (χ1) is 9.12. The van der Waals surface area contributed by atoms with Crippen molar-refractivity contribution in [1.29, 1.82) is 0 Å². The van der Waals surface area contributed by atoms with Crippen molar-refractivity contribution in [2.24, 2.45) is 16.7 Å². The molecule has 1 aromatic carbocycles. The zero-order valence-corrected chi connectivity index (χ0v) is 15.1. The number of hydrogen-bond acceptors (Lipinski definition) is 1. The molecule has 0 saturated heterocycles. The first-order valence-electron chi connectivity index (χ1n) is 6.89. The van der Waals surface area contributed by atoms with Gasteiger partial charge >= 0.3 is 136 Å². The molecular formula is C16H19IOSe. The third kappa shape index (κ3) is 2.04. The van der Waals surface area contributed by atoms with Crippen LogP contribution in [0.2, 0.25) is 5.32 Å². The van der Waals surface area contributed by atoms with Crippen molar-refractivity contribution in [2.75, 3.05) is 4.43 Å². The van der Waals surface area contributed by atoms with Gasteiger partial charge in [-0.2, -0.15) is 0 Å². The molecule has 2 aliphatic rings. The second-order valence-electron chi connectivity index (χ2n) is 6.10. The molecule has 2 saturated carbocycles. The number of Topliss-reactive ketones (excluding diaryl/α,β-unsaturated/α-hetero) is 1. The fraction of sp³-hybridized carbons (Fsp3) is 0.562. The molecule has 0 aliphatic heterocycles. The van der Waals surface area contributed by atoms with Crippen LogP contribution >= 0.6 is 22.6 Å². The van der Waals surface area contributed by atoms with Crippen LogP contribution in [0, 0.1) is 16.7 Å². The Hall–Kier alpha value is 0.139. The van der Waals surface area contributed by atoms with Crippen molar-refractivity contribution >= 4 is 47.8 Å². The fourth-order valence-electron chi connectivity index (χ4n) is 3.90. The molecule has 0 heterocycles. The van der Waals surface area contributed by atoms with E-state index in [1.54, 1.807) is 0 Å². The van der Waals surface area contributed by atoms with Crippen LogP contribution in [0.15, 0.2) is 30.3 Å². The van der Waals surface area contributed by atoms with E-state index < -0.39 is 0 Å². The second-order valence-corrected chi connectivity index (χ2v) is 9.06. The van der Waals surface area contributed by atoms with Crippen molar-refractivity contribution in [1.82, 2.24) is 0 Å². The molecule has 3 atom stereocenters. The SMILES string of the molecule is C[C@@]1(CI)[C@@H]2CC[C@@]1(C[Se]c1ccccc1)C(=O)C2. The average Bonchev–Trinajstić information content (AvgIpc) is 2.83. The zero-order valence-electron chi connectivity index (χ0n) is 11.2.